The summed E-state index contributed by atoms with van der Waals surface area (Å²) in [6.07, 6.45) is 5.29. The van der Waals surface area contributed by atoms with E-state index in [2.05, 4.69) is 27.0 Å². The smallest absolute Gasteiger partial charge is 0.212 e. The van der Waals surface area contributed by atoms with Crippen LogP contribution in [-0.4, -0.2) is 38.2 Å². The molecule has 1 fully saturated rings. The number of hydrogen-bond donors (Lipinski definition) is 1. The number of nitrogens with zero attached hydrogens (tertiary/aromatic N) is 5. The molecular weight excluding hydrogens is 359 g/mol. The van der Waals surface area contributed by atoms with Crippen LogP contribution >= 0.6 is 23.2 Å². The van der Waals surface area contributed by atoms with Gasteiger partial charge in [0.05, 0.1) is 10.0 Å². The van der Waals surface area contributed by atoms with Crippen LogP contribution in [0.25, 0.3) is 16.8 Å². The normalized spacial score (nSPS) is 17.2. The van der Waals surface area contributed by atoms with E-state index < -0.39 is 0 Å². The van der Waals surface area contributed by atoms with Crippen LogP contribution in [0.5, 0.6) is 0 Å². The zero-order valence-corrected chi connectivity index (χ0v) is 15.3. The molecule has 0 unspecified atom stereocenters. The molecule has 8 heteroatoms. The molecule has 0 radical (unpaired) electrons. The first kappa shape index (κ1) is 16.6. The number of nitrogens with two attached hydrogens (primary N) is 1. The van der Waals surface area contributed by atoms with Gasteiger partial charge in [0.1, 0.15) is 6.33 Å². The highest BCUT2D eigenvalue weighted by Gasteiger charge is 2.28. The molecule has 0 saturated carbocycles. The Bertz CT molecular complexity index is 926. The third-order valence-electron chi connectivity index (χ3n) is 4.74. The van der Waals surface area contributed by atoms with Gasteiger partial charge in [-0.15, -0.1) is 10.2 Å². The lowest BCUT2D eigenvalue weighted by molar-refractivity contribution is 0.361. The molecule has 0 spiro atoms. The Morgan fingerprint density at radius 3 is 2.68 bits per heavy atom. The fraction of sp³-hybridized carbons (Fsp3) is 0.353. The first-order valence-corrected chi connectivity index (χ1v) is 8.89. The summed E-state index contributed by atoms with van der Waals surface area (Å²) in [5, 5.41) is 9.32. The largest absolute Gasteiger partial charge is 0.342 e. The number of hydrogen-bond acceptors (Lipinski definition) is 5. The van der Waals surface area contributed by atoms with Crippen LogP contribution in [0, 0.1) is 0 Å². The van der Waals surface area contributed by atoms with Crippen LogP contribution in [0.4, 0.5) is 5.95 Å². The summed E-state index contributed by atoms with van der Waals surface area (Å²) in [4.78, 5) is 6.88. The second kappa shape index (κ2) is 6.12. The van der Waals surface area contributed by atoms with E-state index in [0.717, 1.165) is 43.0 Å². The first-order chi connectivity index (χ1) is 12.0. The minimum Gasteiger partial charge on any atom is -0.342 e. The van der Waals surface area contributed by atoms with Crippen LogP contribution in [0.3, 0.4) is 0 Å². The van der Waals surface area contributed by atoms with Crippen molar-refractivity contribution in [2.75, 3.05) is 18.0 Å². The van der Waals surface area contributed by atoms with Crippen molar-refractivity contribution in [3.05, 3.63) is 40.8 Å². The maximum atomic E-state index is 6.37. The third-order valence-corrected chi connectivity index (χ3v) is 5.56. The monoisotopic (exact) mass is 376 g/mol. The molecule has 1 saturated heterocycles. The predicted octanol–water partition coefficient (Wildman–Crippen LogP) is 3.42. The Hall–Kier alpha value is -1.89. The predicted molar refractivity (Wildman–Crippen MR) is 100 cm³/mol. The molecule has 6 nitrogen and oxygen atoms in total. The first-order valence-electron chi connectivity index (χ1n) is 8.13. The Balaban J connectivity index is 1.79. The van der Waals surface area contributed by atoms with Gasteiger partial charge in [0.15, 0.2) is 5.65 Å². The summed E-state index contributed by atoms with van der Waals surface area (Å²) in [5.74, 6) is 0.817. The quantitative estimate of drug-likeness (QED) is 0.741. The van der Waals surface area contributed by atoms with Gasteiger partial charge in [-0.05, 0) is 25.8 Å². The van der Waals surface area contributed by atoms with Crippen molar-refractivity contribution in [2.45, 2.75) is 25.3 Å². The van der Waals surface area contributed by atoms with E-state index in [-0.39, 0.29) is 5.54 Å². The Labute approximate surface area is 155 Å². The van der Waals surface area contributed by atoms with Gasteiger partial charge >= 0.3 is 0 Å². The number of aromatic nitrogens is 4. The second-order valence-corrected chi connectivity index (χ2v) is 7.52. The summed E-state index contributed by atoms with van der Waals surface area (Å²) in [6.45, 7) is 3.80. The Kier molecular flexibility index (Phi) is 4.06. The van der Waals surface area contributed by atoms with Crippen LogP contribution in [-0.2, 0) is 0 Å². The van der Waals surface area contributed by atoms with E-state index >= 15 is 0 Å². The summed E-state index contributed by atoms with van der Waals surface area (Å²) >= 11 is 12.5. The third kappa shape index (κ3) is 2.94. The number of rotatable bonds is 2. The molecule has 4 rings (SSSR count). The van der Waals surface area contributed by atoms with Gasteiger partial charge < -0.3 is 10.6 Å². The number of fused-ring (bicyclic) bond motifs is 1. The summed E-state index contributed by atoms with van der Waals surface area (Å²) in [7, 11) is 0. The molecule has 0 amide bonds. The lowest BCUT2D eigenvalue weighted by Gasteiger charge is -2.37. The molecule has 1 aromatic carbocycles. The fourth-order valence-electron chi connectivity index (χ4n) is 3.16. The summed E-state index contributed by atoms with van der Waals surface area (Å²) < 4.78 is 1.89. The van der Waals surface area contributed by atoms with Crippen molar-refractivity contribution in [1.82, 2.24) is 19.6 Å². The van der Waals surface area contributed by atoms with Gasteiger partial charge in [-0.2, -0.15) is 0 Å². The Morgan fingerprint density at radius 1 is 1.16 bits per heavy atom. The molecule has 25 heavy (non-hydrogen) atoms. The molecule has 130 valence electrons. The second-order valence-electron chi connectivity index (χ2n) is 6.74. The molecule has 3 aromatic rings. The van der Waals surface area contributed by atoms with Crippen molar-refractivity contribution < 1.29 is 0 Å². The highest BCUT2D eigenvalue weighted by Crippen LogP contribution is 2.35. The minimum atomic E-state index is -0.114. The van der Waals surface area contributed by atoms with E-state index in [4.69, 9.17) is 28.9 Å². The van der Waals surface area contributed by atoms with Gasteiger partial charge in [0, 0.05) is 36.0 Å². The van der Waals surface area contributed by atoms with Gasteiger partial charge in [-0.3, -0.25) is 4.40 Å². The zero-order chi connectivity index (χ0) is 17.6. The molecule has 3 heterocycles. The number of benzene rings is 1. The highest BCUT2D eigenvalue weighted by molar-refractivity contribution is 6.43. The fourth-order valence-corrected chi connectivity index (χ4v) is 3.56. The molecule has 2 aromatic heterocycles. The van der Waals surface area contributed by atoms with Crippen molar-refractivity contribution in [2.24, 2.45) is 5.73 Å². The van der Waals surface area contributed by atoms with Gasteiger partial charge in [0.25, 0.3) is 0 Å². The van der Waals surface area contributed by atoms with E-state index in [1.54, 1.807) is 18.6 Å². The van der Waals surface area contributed by atoms with Crippen molar-refractivity contribution in [1.29, 1.82) is 0 Å². The molecule has 0 atom stereocenters. The molecule has 0 aliphatic carbocycles. The lowest BCUT2D eigenvalue weighted by atomic mass is 9.91. The van der Waals surface area contributed by atoms with Crippen molar-refractivity contribution in [3.8, 4) is 11.1 Å². The molecule has 1 aliphatic rings. The summed E-state index contributed by atoms with van der Waals surface area (Å²) in [6, 6.07) is 5.52. The number of anilines is 1. The minimum absolute atomic E-state index is 0.114. The Morgan fingerprint density at radius 2 is 1.92 bits per heavy atom. The van der Waals surface area contributed by atoms with Gasteiger partial charge in [-0.1, -0.05) is 35.3 Å². The van der Waals surface area contributed by atoms with E-state index in [9.17, 15) is 0 Å². The molecule has 1 aliphatic heterocycles. The topological polar surface area (TPSA) is 72.3 Å². The highest BCUT2D eigenvalue weighted by atomic mass is 35.5. The van der Waals surface area contributed by atoms with Crippen LogP contribution in [0.15, 0.2) is 30.7 Å². The van der Waals surface area contributed by atoms with Gasteiger partial charge in [0.2, 0.25) is 5.95 Å². The standard InChI is InChI=1S/C17H18Cl2N6/c1-17(20)5-7-24(8-6-17)16-21-9-12(15-23-22-10-25(15)16)11-3-2-4-13(18)14(11)19/h2-4,9-10H,5-8,20H2,1H3. The molecular formula is C17H18Cl2N6. The van der Waals surface area contributed by atoms with Crippen LogP contribution < -0.4 is 10.6 Å². The van der Waals surface area contributed by atoms with E-state index in [1.807, 2.05) is 16.5 Å². The molecule has 2 N–H and O–H groups in total. The molecule has 0 bridgehead atoms. The number of halogens is 2. The van der Waals surface area contributed by atoms with E-state index in [0.29, 0.717) is 15.7 Å². The number of piperidine rings is 1. The zero-order valence-electron chi connectivity index (χ0n) is 13.8. The van der Waals surface area contributed by atoms with E-state index in [1.165, 1.54) is 0 Å². The average Bonchev–Trinajstić information content (AvgIpc) is 3.07. The lowest BCUT2D eigenvalue weighted by Crippen LogP contribution is -2.48. The SMILES string of the molecule is CC1(N)CCN(c2ncc(-c3cccc(Cl)c3Cl)c3nncn23)CC1. The maximum absolute atomic E-state index is 6.37. The van der Waals surface area contributed by atoms with Crippen LogP contribution in [0.1, 0.15) is 19.8 Å². The van der Waals surface area contributed by atoms with Crippen molar-refractivity contribution in [3.63, 3.8) is 0 Å². The van der Waals surface area contributed by atoms with Crippen molar-refractivity contribution >= 4 is 34.8 Å². The van der Waals surface area contributed by atoms with Gasteiger partial charge in [-0.25, -0.2) is 4.98 Å². The maximum Gasteiger partial charge on any atom is 0.212 e. The van der Waals surface area contributed by atoms with Crippen LogP contribution in [0.2, 0.25) is 10.0 Å². The summed E-state index contributed by atoms with van der Waals surface area (Å²) in [5.41, 5.74) is 8.42. The average molecular weight is 377 g/mol.